The van der Waals surface area contributed by atoms with Crippen molar-refractivity contribution in [1.29, 1.82) is 0 Å². The van der Waals surface area contributed by atoms with E-state index < -0.39 is 0 Å². The first-order valence-electron chi connectivity index (χ1n) is 6.92. The largest absolute Gasteiger partial charge is 0.508 e. The summed E-state index contributed by atoms with van der Waals surface area (Å²) in [6.45, 7) is 4.10. The standard InChI is InChI=1S/C17H18O3/c1-3-13-14-6-4-11(18)8-16(14)10(2)20-17-9-12(19)5-7-15(13)17/h4-10,13,18-19H,3H2,1-2H3. The molecule has 1 aliphatic heterocycles. The minimum absolute atomic E-state index is 0.158. The molecule has 2 aromatic carbocycles. The number of phenols is 2. The van der Waals surface area contributed by atoms with Crippen LogP contribution in [0.1, 0.15) is 49.0 Å². The highest BCUT2D eigenvalue weighted by atomic mass is 16.5. The quantitative estimate of drug-likeness (QED) is 0.820. The average Bonchev–Trinajstić information content (AvgIpc) is 2.53. The van der Waals surface area contributed by atoms with E-state index >= 15 is 0 Å². The van der Waals surface area contributed by atoms with Crippen LogP contribution in [-0.2, 0) is 0 Å². The van der Waals surface area contributed by atoms with Gasteiger partial charge in [0.1, 0.15) is 23.4 Å². The summed E-state index contributed by atoms with van der Waals surface area (Å²) in [4.78, 5) is 0. The Hall–Kier alpha value is -2.16. The summed E-state index contributed by atoms with van der Waals surface area (Å²) in [7, 11) is 0. The first-order chi connectivity index (χ1) is 9.60. The van der Waals surface area contributed by atoms with Crippen LogP contribution >= 0.6 is 0 Å². The SMILES string of the molecule is CCC1c2ccc(O)cc2OC(C)c2cc(O)ccc21. The van der Waals surface area contributed by atoms with Gasteiger partial charge < -0.3 is 14.9 Å². The third-order valence-electron chi connectivity index (χ3n) is 3.97. The van der Waals surface area contributed by atoms with Crippen LogP contribution in [0.5, 0.6) is 17.2 Å². The van der Waals surface area contributed by atoms with Gasteiger partial charge in [-0.2, -0.15) is 0 Å². The second-order valence-electron chi connectivity index (χ2n) is 5.26. The van der Waals surface area contributed by atoms with E-state index in [2.05, 4.69) is 6.92 Å². The number of hydrogen-bond acceptors (Lipinski definition) is 3. The maximum Gasteiger partial charge on any atom is 0.127 e. The molecule has 1 heterocycles. The van der Waals surface area contributed by atoms with E-state index in [1.165, 1.54) is 5.56 Å². The molecular formula is C17H18O3. The van der Waals surface area contributed by atoms with Crippen molar-refractivity contribution in [1.82, 2.24) is 0 Å². The number of benzene rings is 2. The minimum Gasteiger partial charge on any atom is -0.508 e. The molecule has 20 heavy (non-hydrogen) atoms. The number of rotatable bonds is 1. The van der Waals surface area contributed by atoms with Crippen molar-refractivity contribution in [3.63, 3.8) is 0 Å². The summed E-state index contributed by atoms with van der Waals surface area (Å²) < 4.78 is 5.98. The molecule has 0 spiro atoms. The number of fused-ring (bicyclic) bond motifs is 2. The molecule has 0 aromatic heterocycles. The Morgan fingerprint density at radius 3 is 2.30 bits per heavy atom. The molecule has 0 saturated heterocycles. The fourth-order valence-electron chi connectivity index (χ4n) is 3.01. The van der Waals surface area contributed by atoms with Gasteiger partial charge >= 0.3 is 0 Å². The summed E-state index contributed by atoms with van der Waals surface area (Å²) >= 11 is 0. The van der Waals surface area contributed by atoms with Crippen LogP contribution in [0.15, 0.2) is 36.4 Å². The molecule has 1 aliphatic rings. The predicted molar refractivity (Wildman–Crippen MR) is 77.4 cm³/mol. The minimum atomic E-state index is -0.158. The Morgan fingerprint density at radius 2 is 1.60 bits per heavy atom. The maximum absolute atomic E-state index is 9.72. The molecule has 0 fully saturated rings. The second-order valence-corrected chi connectivity index (χ2v) is 5.26. The van der Waals surface area contributed by atoms with Gasteiger partial charge in [0.25, 0.3) is 0 Å². The van der Waals surface area contributed by atoms with Crippen molar-refractivity contribution in [2.75, 3.05) is 0 Å². The van der Waals surface area contributed by atoms with Crippen LogP contribution in [0.2, 0.25) is 0 Å². The zero-order valence-corrected chi connectivity index (χ0v) is 11.6. The summed E-state index contributed by atoms with van der Waals surface area (Å²) in [5.74, 6) is 1.40. The molecule has 3 heteroatoms. The third kappa shape index (κ3) is 1.99. The number of ether oxygens (including phenoxy) is 1. The molecule has 2 N–H and O–H groups in total. The lowest BCUT2D eigenvalue weighted by Gasteiger charge is -2.17. The number of aromatic hydroxyl groups is 2. The lowest BCUT2D eigenvalue weighted by Crippen LogP contribution is -2.04. The van der Waals surface area contributed by atoms with Crippen LogP contribution in [-0.4, -0.2) is 10.2 Å². The van der Waals surface area contributed by atoms with Crippen molar-refractivity contribution in [2.24, 2.45) is 0 Å². The van der Waals surface area contributed by atoms with Crippen molar-refractivity contribution >= 4 is 0 Å². The van der Waals surface area contributed by atoms with Gasteiger partial charge in [0.15, 0.2) is 0 Å². The van der Waals surface area contributed by atoms with Gasteiger partial charge in [-0.05, 0) is 42.7 Å². The van der Waals surface area contributed by atoms with Crippen LogP contribution < -0.4 is 4.74 Å². The Morgan fingerprint density at radius 1 is 0.950 bits per heavy atom. The van der Waals surface area contributed by atoms with E-state index in [-0.39, 0.29) is 23.5 Å². The Kier molecular flexibility index (Phi) is 3.05. The molecule has 0 bridgehead atoms. The molecule has 2 atom stereocenters. The monoisotopic (exact) mass is 270 g/mol. The van der Waals surface area contributed by atoms with Crippen molar-refractivity contribution in [3.05, 3.63) is 53.1 Å². The molecule has 0 saturated carbocycles. The van der Waals surface area contributed by atoms with Gasteiger partial charge in [-0.25, -0.2) is 0 Å². The Bertz CT molecular complexity index is 649. The maximum atomic E-state index is 9.72. The molecule has 0 aliphatic carbocycles. The molecule has 104 valence electrons. The van der Waals surface area contributed by atoms with E-state index in [1.807, 2.05) is 19.1 Å². The zero-order valence-electron chi connectivity index (χ0n) is 11.6. The fourth-order valence-corrected chi connectivity index (χ4v) is 3.01. The van der Waals surface area contributed by atoms with Crippen molar-refractivity contribution < 1.29 is 14.9 Å². The topological polar surface area (TPSA) is 49.7 Å². The average molecular weight is 270 g/mol. The van der Waals surface area contributed by atoms with Crippen LogP contribution in [0, 0.1) is 0 Å². The van der Waals surface area contributed by atoms with Gasteiger partial charge in [0.2, 0.25) is 0 Å². The van der Waals surface area contributed by atoms with Crippen LogP contribution in [0.25, 0.3) is 0 Å². The highest BCUT2D eigenvalue weighted by molar-refractivity contribution is 5.51. The van der Waals surface area contributed by atoms with Crippen LogP contribution in [0.3, 0.4) is 0 Å². The van der Waals surface area contributed by atoms with E-state index in [4.69, 9.17) is 4.74 Å². The van der Waals surface area contributed by atoms with Crippen molar-refractivity contribution in [3.8, 4) is 17.2 Å². The highest BCUT2D eigenvalue weighted by Gasteiger charge is 2.27. The summed E-state index contributed by atoms with van der Waals surface area (Å²) in [5.41, 5.74) is 3.27. The van der Waals surface area contributed by atoms with Crippen LogP contribution in [0.4, 0.5) is 0 Å². The number of phenolic OH excluding ortho intramolecular Hbond substituents is 2. The number of hydrogen-bond donors (Lipinski definition) is 2. The van der Waals surface area contributed by atoms with Gasteiger partial charge in [0, 0.05) is 17.5 Å². The Labute approximate surface area is 118 Å². The van der Waals surface area contributed by atoms with Gasteiger partial charge in [-0.3, -0.25) is 0 Å². The lowest BCUT2D eigenvalue weighted by atomic mass is 9.85. The first kappa shape index (κ1) is 12.9. The molecule has 2 unspecified atom stereocenters. The smallest absolute Gasteiger partial charge is 0.127 e. The molecule has 2 aromatic rings. The van der Waals surface area contributed by atoms with Crippen molar-refractivity contribution in [2.45, 2.75) is 32.3 Å². The normalized spacial score (nSPS) is 20.5. The lowest BCUT2D eigenvalue weighted by molar-refractivity contribution is 0.226. The van der Waals surface area contributed by atoms with Gasteiger partial charge in [-0.15, -0.1) is 0 Å². The zero-order chi connectivity index (χ0) is 14.3. The van der Waals surface area contributed by atoms with E-state index in [1.54, 1.807) is 24.3 Å². The Balaban J connectivity index is 2.23. The fraction of sp³-hybridized carbons (Fsp3) is 0.294. The highest BCUT2D eigenvalue weighted by Crippen LogP contribution is 2.44. The molecule has 0 amide bonds. The summed E-state index contributed by atoms with van der Waals surface area (Å²) in [6.07, 6.45) is 0.778. The molecule has 0 radical (unpaired) electrons. The van der Waals surface area contributed by atoms with E-state index in [0.717, 1.165) is 23.3 Å². The predicted octanol–water partition coefficient (Wildman–Crippen LogP) is 4.09. The van der Waals surface area contributed by atoms with E-state index in [0.29, 0.717) is 0 Å². The first-order valence-corrected chi connectivity index (χ1v) is 6.92. The van der Waals surface area contributed by atoms with Gasteiger partial charge in [0.05, 0.1) is 0 Å². The summed E-state index contributed by atoms with van der Waals surface area (Å²) in [5, 5.41) is 19.4. The van der Waals surface area contributed by atoms with E-state index in [9.17, 15) is 10.2 Å². The molecular weight excluding hydrogens is 252 g/mol. The molecule has 3 rings (SSSR count). The van der Waals surface area contributed by atoms with Gasteiger partial charge in [-0.1, -0.05) is 19.1 Å². The molecule has 3 nitrogen and oxygen atoms in total. The summed E-state index contributed by atoms with van der Waals surface area (Å²) in [6, 6.07) is 10.8. The third-order valence-corrected chi connectivity index (χ3v) is 3.97. The second kappa shape index (κ2) is 4.75.